The lowest BCUT2D eigenvalue weighted by atomic mass is 9.96. The van der Waals surface area contributed by atoms with Gasteiger partial charge in [0, 0.05) is 5.56 Å². The second-order valence-electron chi connectivity index (χ2n) is 5.59. The van der Waals surface area contributed by atoms with E-state index in [1.165, 1.54) is 4.90 Å². The van der Waals surface area contributed by atoms with Crippen molar-refractivity contribution >= 4 is 17.5 Å². The number of fused-ring (bicyclic) bond motifs is 1. The first-order valence-corrected chi connectivity index (χ1v) is 7.15. The Kier molecular flexibility index (Phi) is 3.34. The van der Waals surface area contributed by atoms with Crippen molar-refractivity contribution in [3.63, 3.8) is 0 Å². The van der Waals surface area contributed by atoms with Crippen LogP contribution in [-0.4, -0.2) is 16.9 Å². The van der Waals surface area contributed by atoms with Gasteiger partial charge in [-0.1, -0.05) is 12.1 Å². The molecule has 0 aromatic heterocycles. The average Bonchev–Trinajstić information content (AvgIpc) is 2.77. The number of carbonyl (C=O) groups is 2. The predicted molar refractivity (Wildman–Crippen MR) is 84.2 cm³/mol. The van der Waals surface area contributed by atoms with Crippen LogP contribution in [0.3, 0.4) is 0 Å². The smallest absolute Gasteiger partial charge is 0.266 e. The first kappa shape index (κ1) is 14.5. The van der Waals surface area contributed by atoms with Crippen LogP contribution in [0.15, 0.2) is 30.3 Å². The van der Waals surface area contributed by atoms with Gasteiger partial charge in [-0.3, -0.25) is 9.59 Å². The molecule has 0 radical (unpaired) electrons. The second kappa shape index (κ2) is 5.07. The molecule has 4 nitrogen and oxygen atoms in total. The van der Waals surface area contributed by atoms with Gasteiger partial charge in [0.2, 0.25) is 0 Å². The third kappa shape index (κ3) is 1.88. The van der Waals surface area contributed by atoms with Gasteiger partial charge in [-0.05, 0) is 55.7 Å². The first-order valence-electron chi connectivity index (χ1n) is 7.15. The third-order valence-corrected chi connectivity index (χ3v) is 4.46. The summed E-state index contributed by atoms with van der Waals surface area (Å²) in [6, 6.07) is 8.60. The summed E-state index contributed by atoms with van der Waals surface area (Å²) in [5.74, 6) is -0.670. The van der Waals surface area contributed by atoms with E-state index in [2.05, 4.69) is 0 Å². The van der Waals surface area contributed by atoms with E-state index in [1.54, 1.807) is 30.3 Å². The molecule has 4 heteroatoms. The lowest BCUT2D eigenvalue weighted by molar-refractivity contribution is 0.0925. The zero-order valence-electron chi connectivity index (χ0n) is 12.8. The Labute approximate surface area is 129 Å². The van der Waals surface area contributed by atoms with Crippen LogP contribution in [0.2, 0.25) is 0 Å². The van der Waals surface area contributed by atoms with Crippen molar-refractivity contribution < 1.29 is 14.7 Å². The molecule has 2 aromatic carbocycles. The number of anilines is 1. The highest BCUT2D eigenvalue weighted by Crippen LogP contribution is 2.34. The van der Waals surface area contributed by atoms with Gasteiger partial charge < -0.3 is 5.11 Å². The van der Waals surface area contributed by atoms with Crippen LogP contribution >= 0.6 is 0 Å². The van der Waals surface area contributed by atoms with Crippen LogP contribution in [0.4, 0.5) is 5.69 Å². The fourth-order valence-electron chi connectivity index (χ4n) is 2.92. The predicted octanol–water partition coefficient (Wildman–Crippen LogP) is 2.90. The van der Waals surface area contributed by atoms with Crippen molar-refractivity contribution in [1.29, 1.82) is 0 Å². The summed E-state index contributed by atoms with van der Waals surface area (Å²) in [7, 11) is 0. The molecule has 0 unspecified atom stereocenters. The SMILES string of the molecule is Cc1cc(N2C(=O)c3ccccc3C2=O)c(CO)c(C)c1C. The van der Waals surface area contributed by atoms with E-state index in [9.17, 15) is 14.7 Å². The van der Waals surface area contributed by atoms with E-state index in [4.69, 9.17) is 0 Å². The molecule has 3 rings (SSSR count). The zero-order valence-corrected chi connectivity index (χ0v) is 12.8. The number of aryl methyl sites for hydroxylation is 1. The topological polar surface area (TPSA) is 57.6 Å². The fraction of sp³-hybridized carbons (Fsp3) is 0.222. The van der Waals surface area contributed by atoms with Crippen molar-refractivity contribution in [2.45, 2.75) is 27.4 Å². The fourth-order valence-corrected chi connectivity index (χ4v) is 2.92. The van der Waals surface area contributed by atoms with Gasteiger partial charge in [0.15, 0.2) is 0 Å². The number of benzene rings is 2. The quantitative estimate of drug-likeness (QED) is 0.867. The van der Waals surface area contributed by atoms with E-state index < -0.39 is 0 Å². The van der Waals surface area contributed by atoms with Crippen molar-refractivity contribution in [3.05, 3.63) is 63.7 Å². The van der Waals surface area contributed by atoms with E-state index in [1.807, 2.05) is 20.8 Å². The highest BCUT2D eigenvalue weighted by molar-refractivity contribution is 6.34. The molecule has 0 fully saturated rings. The van der Waals surface area contributed by atoms with Gasteiger partial charge in [-0.15, -0.1) is 0 Å². The number of aliphatic hydroxyl groups is 1. The van der Waals surface area contributed by atoms with Gasteiger partial charge in [-0.2, -0.15) is 0 Å². The highest BCUT2D eigenvalue weighted by Gasteiger charge is 2.37. The van der Waals surface area contributed by atoms with Crippen LogP contribution < -0.4 is 4.90 Å². The summed E-state index contributed by atoms with van der Waals surface area (Å²) in [4.78, 5) is 26.4. The summed E-state index contributed by atoms with van der Waals surface area (Å²) in [6.07, 6.45) is 0. The Morgan fingerprint density at radius 2 is 1.50 bits per heavy atom. The zero-order chi connectivity index (χ0) is 16.0. The minimum Gasteiger partial charge on any atom is -0.392 e. The Morgan fingerprint density at radius 1 is 0.955 bits per heavy atom. The maximum atomic E-state index is 12.6. The monoisotopic (exact) mass is 295 g/mol. The molecule has 0 atom stereocenters. The van der Waals surface area contributed by atoms with Crippen LogP contribution in [0.25, 0.3) is 0 Å². The molecule has 0 saturated heterocycles. The van der Waals surface area contributed by atoms with E-state index in [0.29, 0.717) is 22.4 Å². The molecule has 1 aliphatic heterocycles. The molecule has 1 heterocycles. The third-order valence-electron chi connectivity index (χ3n) is 4.46. The van der Waals surface area contributed by atoms with Crippen LogP contribution in [-0.2, 0) is 6.61 Å². The van der Waals surface area contributed by atoms with E-state index >= 15 is 0 Å². The molecule has 2 aromatic rings. The first-order chi connectivity index (χ1) is 10.5. The summed E-state index contributed by atoms with van der Waals surface area (Å²) in [5, 5.41) is 9.72. The van der Waals surface area contributed by atoms with Gasteiger partial charge in [0.1, 0.15) is 0 Å². The van der Waals surface area contributed by atoms with Crippen LogP contribution in [0.1, 0.15) is 43.0 Å². The molecular formula is C18H17NO3. The van der Waals surface area contributed by atoms with Crippen LogP contribution in [0, 0.1) is 20.8 Å². The number of hydrogen-bond donors (Lipinski definition) is 1. The lowest BCUT2D eigenvalue weighted by Gasteiger charge is -2.21. The maximum Gasteiger partial charge on any atom is 0.266 e. The van der Waals surface area contributed by atoms with Crippen molar-refractivity contribution in [3.8, 4) is 0 Å². The summed E-state index contributed by atoms with van der Waals surface area (Å²) in [5.41, 5.74) is 4.88. The number of aliphatic hydroxyl groups excluding tert-OH is 1. The number of hydrogen-bond acceptors (Lipinski definition) is 3. The Morgan fingerprint density at radius 3 is 2.00 bits per heavy atom. The van der Waals surface area contributed by atoms with Gasteiger partial charge in [-0.25, -0.2) is 4.90 Å². The van der Waals surface area contributed by atoms with Crippen LogP contribution in [0.5, 0.6) is 0 Å². The Hall–Kier alpha value is -2.46. The van der Waals surface area contributed by atoms with Gasteiger partial charge in [0.05, 0.1) is 23.4 Å². The van der Waals surface area contributed by atoms with E-state index in [0.717, 1.165) is 16.7 Å². The summed E-state index contributed by atoms with van der Waals surface area (Å²) < 4.78 is 0. The normalized spacial score (nSPS) is 13.7. The van der Waals surface area contributed by atoms with Gasteiger partial charge in [0.25, 0.3) is 11.8 Å². The summed E-state index contributed by atoms with van der Waals surface area (Å²) >= 11 is 0. The summed E-state index contributed by atoms with van der Waals surface area (Å²) in [6.45, 7) is 5.59. The molecule has 0 aliphatic carbocycles. The van der Waals surface area contributed by atoms with Crippen molar-refractivity contribution in [2.75, 3.05) is 4.90 Å². The largest absolute Gasteiger partial charge is 0.392 e. The second-order valence-corrected chi connectivity index (χ2v) is 5.59. The molecule has 112 valence electrons. The number of carbonyl (C=O) groups excluding carboxylic acids is 2. The molecule has 22 heavy (non-hydrogen) atoms. The number of nitrogens with zero attached hydrogens (tertiary/aromatic N) is 1. The molecule has 1 aliphatic rings. The molecule has 2 amide bonds. The standard InChI is InChI=1S/C18H17NO3/c1-10-8-16(15(9-20)12(3)11(10)2)19-17(21)13-6-4-5-7-14(13)18(19)22/h4-8,20H,9H2,1-3H3. The molecule has 1 N–H and O–H groups in total. The lowest BCUT2D eigenvalue weighted by Crippen LogP contribution is -2.30. The minimum absolute atomic E-state index is 0.213. The molecule has 0 saturated carbocycles. The van der Waals surface area contributed by atoms with E-state index in [-0.39, 0.29) is 18.4 Å². The van der Waals surface area contributed by atoms with Gasteiger partial charge >= 0.3 is 0 Å². The number of rotatable bonds is 2. The molecule has 0 spiro atoms. The average molecular weight is 295 g/mol. The maximum absolute atomic E-state index is 12.6. The number of amides is 2. The number of imide groups is 1. The molecule has 0 bridgehead atoms. The minimum atomic E-state index is -0.335. The van der Waals surface area contributed by atoms with Crippen molar-refractivity contribution in [2.24, 2.45) is 0 Å². The Bertz CT molecular complexity index is 773. The highest BCUT2D eigenvalue weighted by atomic mass is 16.3. The Balaban J connectivity index is 2.22. The molecular weight excluding hydrogens is 278 g/mol. The van der Waals surface area contributed by atoms with Crippen molar-refractivity contribution in [1.82, 2.24) is 0 Å².